The molecule has 0 aromatic rings. The van der Waals surface area contributed by atoms with E-state index in [1.165, 1.54) is 0 Å². The van der Waals surface area contributed by atoms with Gasteiger partial charge < -0.3 is 15.4 Å². The van der Waals surface area contributed by atoms with E-state index in [-0.39, 0.29) is 17.0 Å². The monoisotopic (exact) mass is 240 g/mol. The van der Waals surface area contributed by atoms with Crippen molar-refractivity contribution in [3.8, 4) is 0 Å². The van der Waals surface area contributed by atoms with Gasteiger partial charge in [-0.3, -0.25) is 4.79 Å². The maximum atomic E-state index is 12.3. The summed E-state index contributed by atoms with van der Waals surface area (Å²) in [5.41, 5.74) is -1.43. The second-order valence-corrected chi connectivity index (χ2v) is 7.31. The molecule has 0 unspecified atom stereocenters. The van der Waals surface area contributed by atoms with Crippen molar-refractivity contribution >= 4 is 5.91 Å². The van der Waals surface area contributed by atoms with Crippen LogP contribution in [-0.2, 0) is 9.53 Å². The summed E-state index contributed by atoms with van der Waals surface area (Å²) >= 11 is 0. The van der Waals surface area contributed by atoms with Crippen molar-refractivity contribution in [3.05, 3.63) is 0 Å². The molecular weight excluding hydrogens is 216 g/mol. The Morgan fingerprint density at radius 2 is 1.47 bits per heavy atom. The number of rotatable bonds is 0. The molecule has 0 atom stereocenters. The fraction of sp³-hybridized carbons (Fsp3) is 0.923. The van der Waals surface area contributed by atoms with Gasteiger partial charge in [-0.05, 0) is 41.5 Å². The lowest BCUT2D eigenvalue weighted by atomic mass is 9.72. The van der Waals surface area contributed by atoms with Crippen molar-refractivity contribution in [3.63, 3.8) is 0 Å². The molecule has 1 spiro atoms. The Kier molecular flexibility index (Phi) is 2.44. The normalized spacial score (nSPS) is 32.5. The fourth-order valence-corrected chi connectivity index (χ4v) is 3.68. The highest BCUT2D eigenvalue weighted by molar-refractivity contribution is 5.88. The van der Waals surface area contributed by atoms with E-state index >= 15 is 0 Å². The van der Waals surface area contributed by atoms with E-state index in [9.17, 15) is 4.79 Å². The van der Waals surface area contributed by atoms with Crippen LogP contribution in [0.3, 0.4) is 0 Å². The minimum absolute atomic E-state index is 0.0325. The zero-order valence-corrected chi connectivity index (χ0v) is 11.7. The van der Waals surface area contributed by atoms with Crippen LogP contribution < -0.4 is 10.6 Å². The molecule has 98 valence electrons. The van der Waals surface area contributed by atoms with Crippen LogP contribution in [-0.4, -0.2) is 28.3 Å². The molecule has 1 amide bonds. The minimum atomic E-state index is -0.679. The Hall–Kier alpha value is -0.610. The van der Waals surface area contributed by atoms with Gasteiger partial charge >= 0.3 is 0 Å². The first kappa shape index (κ1) is 12.8. The van der Waals surface area contributed by atoms with E-state index in [2.05, 4.69) is 38.3 Å². The lowest BCUT2D eigenvalue weighted by molar-refractivity contribution is -0.155. The first-order valence-electron chi connectivity index (χ1n) is 6.28. The SMILES string of the molecule is CC1(C)CC2(CC(C)(C)N1)OC(C)(C)NC2=O. The summed E-state index contributed by atoms with van der Waals surface area (Å²) in [6.45, 7) is 12.3. The Balaban J connectivity index is 2.35. The molecular formula is C13H24N2O2. The van der Waals surface area contributed by atoms with Crippen LogP contribution in [0.4, 0.5) is 0 Å². The van der Waals surface area contributed by atoms with Gasteiger partial charge in [0.2, 0.25) is 0 Å². The first-order valence-corrected chi connectivity index (χ1v) is 6.28. The third-order valence-corrected chi connectivity index (χ3v) is 3.41. The van der Waals surface area contributed by atoms with Gasteiger partial charge in [-0.25, -0.2) is 0 Å². The Morgan fingerprint density at radius 3 is 1.82 bits per heavy atom. The molecule has 0 aromatic carbocycles. The van der Waals surface area contributed by atoms with Gasteiger partial charge in [0.25, 0.3) is 5.91 Å². The second kappa shape index (κ2) is 3.23. The molecule has 4 nitrogen and oxygen atoms in total. The molecule has 0 saturated carbocycles. The topological polar surface area (TPSA) is 50.4 Å². The average molecular weight is 240 g/mol. The van der Waals surface area contributed by atoms with E-state index in [1.807, 2.05) is 13.8 Å². The van der Waals surface area contributed by atoms with Gasteiger partial charge in [0.05, 0.1) is 0 Å². The Labute approximate surface area is 103 Å². The summed E-state index contributed by atoms with van der Waals surface area (Å²) in [6.07, 6.45) is 1.41. The van der Waals surface area contributed by atoms with Gasteiger partial charge in [0.15, 0.2) is 5.60 Å². The van der Waals surface area contributed by atoms with Crippen LogP contribution in [0.1, 0.15) is 54.4 Å². The predicted octanol–water partition coefficient (Wildman–Crippen LogP) is 1.55. The highest BCUT2D eigenvalue weighted by Gasteiger charge is 2.58. The third-order valence-electron chi connectivity index (χ3n) is 3.41. The van der Waals surface area contributed by atoms with Crippen LogP contribution in [0.15, 0.2) is 0 Å². The predicted molar refractivity (Wildman–Crippen MR) is 66.6 cm³/mol. The molecule has 17 heavy (non-hydrogen) atoms. The molecule has 2 saturated heterocycles. The van der Waals surface area contributed by atoms with Crippen LogP contribution in [0, 0.1) is 0 Å². The molecule has 2 fully saturated rings. The Bertz CT molecular complexity index is 342. The molecule has 2 N–H and O–H groups in total. The number of piperidine rings is 1. The molecule has 0 aromatic heterocycles. The summed E-state index contributed by atoms with van der Waals surface area (Å²) in [5.74, 6) is 0.0325. The maximum absolute atomic E-state index is 12.3. The molecule has 2 rings (SSSR count). The number of hydrogen-bond acceptors (Lipinski definition) is 3. The number of hydrogen-bond donors (Lipinski definition) is 2. The molecule has 0 radical (unpaired) electrons. The third kappa shape index (κ3) is 2.33. The van der Waals surface area contributed by atoms with Gasteiger partial charge in [0.1, 0.15) is 5.72 Å². The van der Waals surface area contributed by atoms with E-state index in [0.29, 0.717) is 12.8 Å². The van der Waals surface area contributed by atoms with Crippen LogP contribution >= 0.6 is 0 Å². The van der Waals surface area contributed by atoms with Crippen LogP contribution in [0.5, 0.6) is 0 Å². The quantitative estimate of drug-likeness (QED) is 0.675. The van der Waals surface area contributed by atoms with Gasteiger partial charge in [-0.2, -0.15) is 0 Å². The van der Waals surface area contributed by atoms with Crippen molar-refractivity contribution in [1.82, 2.24) is 10.6 Å². The Morgan fingerprint density at radius 1 is 1.00 bits per heavy atom. The van der Waals surface area contributed by atoms with E-state index < -0.39 is 11.3 Å². The molecule has 0 bridgehead atoms. The maximum Gasteiger partial charge on any atom is 0.254 e. The lowest BCUT2D eigenvalue weighted by Gasteiger charge is -2.50. The largest absolute Gasteiger partial charge is 0.340 e. The van der Waals surface area contributed by atoms with Crippen molar-refractivity contribution in [2.75, 3.05) is 0 Å². The van der Waals surface area contributed by atoms with Gasteiger partial charge in [-0.1, -0.05) is 0 Å². The molecule has 2 aliphatic rings. The first-order chi connectivity index (χ1) is 7.46. The zero-order valence-electron chi connectivity index (χ0n) is 11.7. The summed E-state index contributed by atoms with van der Waals surface area (Å²) in [6, 6.07) is 0. The lowest BCUT2D eigenvalue weighted by Crippen LogP contribution is -2.65. The van der Waals surface area contributed by atoms with E-state index in [0.717, 1.165) is 0 Å². The van der Waals surface area contributed by atoms with Crippen molar-refractivity contribution < 1.29 is 9.53 Å². The molecule has 0 aliphatic carbocycles. The number of carbonyl (C=O) groups is 1. The zero-order chi connectivity index (χ0) is 13.1. The molecule has 2 heterocycles. The van der Waals surface area contributed by atoms with Crippen molar-refractivity contribution in [2.45, 2.75) is 76.8 Å². The number of amides is 1. The van der Waals surface area contributed by atoms with Crippen molar-refractivity contribution in [2.24, 2.45) is 0 Å². The van der Waals surface area contributed by atoms with Crippen LogP contribution in [0.25, 0.3) is 0 Å². The molecule has 2 aliphatic heterocycles. The summed E-state index contributed by atoms with van der Waals surface area (Å²) in [4.78, 5) is 12.3. The minimum Gasteiger partial charge on any atom is -0.340 e. The van der Waals surface area contributed by atoms with E-state index in [4.69, 9.17) is 4.74 Å². The average Bonchev–Trinajstić information content (AvgIpc) is 2.11. The highest BCUT2D eigenvalue weighted by Crippen LogP contribution is 2.43. The summed E-state index contributed by atoms with van der Waals surface area (Å²) < 4.78 is 6.06. The van der Waals surface area contributed by atoms with Gasteiger partial charge in [-0.15, -0.1) is 0 Å². The van der Waals surface area contributed by atoms with Crippen molar-refractivity contribution in [1.29, 1.82) is 0 Å². The van der Waals surface area contributed by atoms with Crippen LogP contribution in [0.2, 0.25) is 0 Å². The smallest absolute Gasteiger partial charge is 0.254 e. The molecule has 4 heteroatoms. The second-order valence-electron chi connectivity index (χ2n) is 7.31. The summed E-state index contributed by atoms with van der Waals surface area (Å²) in [5, 5.41) is 6.51. The van der Waals surface area contributed by atoms with Gasteiger partial charge in [0, 0.05) is 23.9 Å². The highest BCUT2D eigenvalue weighted by atomic mass is 16.6. The summed E-state index contributed by atoms with van der Waals surface area (Å²) in [7, 11) is 0. The number of nitrogens with one attached hydrogen (secondary N) is 2. The number of ether oxygens (including phenoxy) is 1. The fourth-order valence-electron chi connectivity index (χ4n) is 3.68. The van der Waals surface area contributed by atoms with E-state index in [1.54, 1.807) is 0 Å². The number of carbonyl (C=O) groups excluding carboxylic acids is 1. The standard InChI is InChI=1S/C13H24N2O2/c1-10(2)7-13(8-11(3,4)15-10)9(16)14-12(5,6)17-13/h15H,7-8H2,1-6H3,(H,14,16).